The molecule has 0 radical (unpaired) electrons. The predicted molar refractivity (Wildman–Crippen MR) is 125 cm³/mol. The lowest BCUT2D eigenvalue weighted by Gasteiger charge is -2.28. The van der Waals surface area contributed by atoms with Crippen LogP contribution in [0.25, 0.3) is 0 Å². The number of amides is 3. The lowest BCUT2D eigenvalue weighted by molar-refractivity contribution is -0.132. The van der Waals surface area contributed by atoms with Crippen molar-refractivity contribution in [1.82, 2.24) is 14.4 Å². The summed E-state index contributed by atoms with van der Waals surface area (Å²) < 4.78 is 2.01. The molecule has 0 bridgehead atoms. The largest absolute Gasteiger partial charge is 0.353 e. The number of hydrogen-bond acceptors (Lipinski definition) is 3. The molecule has 0 aliphatic heterocycles. The van der Waals surface area contributed by atoms with Crippen molar-refractivity contribution in [2.24, 2.45) is 13.0 Å². The van der Waals surface area contributed by atoms with Crippen molar-refractivity contribution in [1.29, 1.82) is 0 Å². The van der Waals surface area contributed by atoms with Gasteiger partial charge < -0.3 is 19.7 Å². The Morgan fingerprint density at radius 3 is 2.43 bits per heavy atom. The molecule has 6 nitrogen and oxygen atoms in total. The quantitative estimate of drug-likeness (QED) is 0.449. The summed E-state index contributed by atoms with van der Waals surface area (Å²) in [7, 11) is 1.97. The van der Waals surface area contributed by atoms with E-state index in [0.29, 0.717) is 31.2 Å². The van der Waals surface area contributed by atoms with E-state index in [1.165, 1.54) is 4.90 Å². The second kappa shape index (κ2) is 11.5. The molecule has 1 aromatic carbocycles. The molecule has 0 aliphatic carbocycles. The molecule has 162 valence electrons. The summed E-state index contributed by atoms with van der Waals surface area (Å²) >= 11 is 1.64. The molecule has 0 fully saturated rings. The fraction of sp³-hybridized carbons (Fsp3) is 0.391. The number of carbonyl (C=O) groups excluding carboxylic acids is 2. The number of aromatic nitrogens is 1. The zero-order valence-electron chi connectivity index (χ0n) is 18.3. The fourth-order valence-corrected chi connectivity index (χ4v) is 3.48. The normalized spacial score (nSPS) is 10.7. The van der Waals surface area contributed by atoms with Crippen molar-refractivity contribution in [3.8, 4) is 0 Å². The highest BCUT2D eigenvalue weighted by molar-refractivity contribution is 7.98. The minimum absolute atomic E-state index is 0.00209. The number of carbonyl (C=O) groups is 2. The highest BCUT2D eigenvalue weighted by Gasteiger charge is 2.22. The Kier molecular flexibility index (Phi) is 9.05. The number of thioether (sulfide) groups is 1. The lowest BCUT2D eigenvalue weighted by Crippen LogP contribution is -2.45. The Balaban J connectivity index is 2.08. The zero-order valence-corrected chi connectivity index (χ0v) is 19.1. The molecule has 1 aromatic heterocycles. The first-order chi connectivity index (χ1) is 14.3. The maximum absolute atomic E-state index is 13.1. The van der Waals surface area contributed by atoms with Gasteiger partial charge in [0.05, 0.1) is 6.54 Å². The summed E-state index contributed by atoms with van der Waals surface area (Å²) in [6, 6.07) is 11.3. The van der Waals surface area contributed by atoms with Gasteiger partial charge in [-0.05, 0) is 48.6 Å². The Hall–Kier alpha value is -2.67. The van der Waals surface area contributed by atoms with Gasteiger partial charge in [0.15, 0.2) is 0 Å². The van der Waals surface area contributed by atoms with E-state index in [4.69, 9.17) is 0 Å². The second-order valence-electron chi connectivity index (χ2n) is 7.61. The number of hydrogen-bond donors (Lipinski definition) is 1. The van der Waals surface area contributed by atoms with Crippen LogP contribution < -0.4 is 5.32 Å². The molecule has 7 heteroatoms. The van der Waals surface area contributed by atoms with Crippen LogP contribution in [0.3, 0.4) is 0 Å². The van der Waals surface area contributed by atoms with Gasteiger partial charge in [-0.15, -0.1) is 18.3 Å². The van der Waals surface area contributed by atoms with Gasteiger partial charge in [-0.3, -0.25) is 4.79 Å². The third kappa shape index (κ3) is 6.99. The van der Waals surface area contributed by atoms with E-state index >= 15 is 0 Å². The number of benzene rings is 1. The highest BCUT2D eigenvalue weighted by Crippen LogP contribution is 2.18. The van der Waals surface area contributed by atoms with Gasteiger partial charge in [0.25, 0.3) is 0 Å². The maximum atomic E-state index is 13.1. The van der Waals surface area contributed by atoms with Crippen LogP contribution in [0.2, 0.25) is 0 Å². The van der Waals surface area contributed by atoms with Crippen LogP contribution in [-0.4, -0.2) is 52.2 Å². The predicted octanol–water partition coefficient (Wildman–Crippen LogP) is 4.45. The first kappa shape index (κ1) is 23.6. The van der Waals surface area contributed by atoms with Crippen molar-refractivity contribution < 1.29 is 9.59 Å². The van der Waals surface area contributed by atoms with Gasteiger partial charge in [0, 0.05) is 42.6 Å². The van der Waals surface area contributed by atoms with E-state index in [9.17, 15) is 9.59 Å². The van der Waals surface area contributed by atoms with Crippen molar-refractivity contribution in [3.05, 3.63) is 60.9 Å². The number of rotatable bonds is 10. The molecule has 30 heavy (non-hydrogen) atoms. The van der Waals surface area contributed by atoms with E-state index in [-0.39, 0.29) is 18.5 Å². The van der Waals surface area contributed by atoms with Gasteiger partial charge in [0.1, 0.15) is 6.54 Å². The lowest BCUT2D eigenvalue weighted by atomic mass is 10.2. The standard InChI is InChI=1S/C23H32N4O2S/c1-6-13-26(23(29)24-19-9-11-21(30-5)12-10-19)17-22(28)27(15-18(2)3)16-20-8-7-14-25(20)4/h6-12,14,18H,1,13,15-17H2,2-5H3,(H,24,29). The number of anilines is 1. The molecule has 0 saturated carbocycles. The summed E-state index contributed by atoms with van der Waals surface area (Å²) in [5.41, 5.74) is 1.75. The maximum Gasteiger partial charge on any atom is 0.322 e. The zero-order chi connectivity index (χ0) is 22.1. The van der Waals surface area contributed by atoms with Crippen LogP contribution in [0.1, 0.15) is 19.5 Å². The Labute approximate surface area is 183 Å². The molecule has 3 amide bonds. The van der Waals surface area contributed by atoms with Crippen LogP contribution in [0.15, 0.2) is 60.1 Å². The van der Waals surface area contributed by atoms with Gasteiger partial charge in [-0.2, -0.15) is 0 Å². The van der Waals surface area contributed by atoms with Crippen molar-refractivity contribution in [2.75, 3.05) is 31.2 Å². The first-order valence-electron chi connectivity index (χ1n) is 10.0. The minimum Gasteiger partial charge on any atom is -0.353 e. The fourth-order valence-electron chi connectivity index (χ4n) is 3.07. The van der Waals surface area contributed by atoms with Gasteiger partial charge in [-0.25, -0.2) is 4.79 Å². The first-order valence-corrected chi connectivity index (χ1v) is 11.2. The Morgan fingerprint density at radius 1 is 1.20 bits per heavy atom. The van der Waals surface area contributed by atoms with E-state index in [0.717, 1.165) is 10.6 Å². The molecular formula is C23H32N4O2S. The summed E-state index contributed by atoms with van der Waals surface area (Å²) in [6.45, 7) is 9.33. The second-order valence-corrected chi connectivity index (χ2v) is 8.49. The molecule has 2 aromatic rings. The number of nitrogens with one attached hydrogen (secondary N) is 1. The third-order valence-electron chi connectivity index (χ3n) is 4.65. The van der Waals surface area contributed by atoms with Crippen LogP contribution >= 0.6 is 11.8 Å². The molecular weight excluding hydrogens is 396 g/mol. The monoisotopic (exact) mass is 428 g/mol. The average molecular weight is 429 g/mol. The van der Waals surface area contributed by atoms with Crippen LogP contribution in [-0.2, 0) is 18.4 Å². The molecule has 0 unspecified atom stereocenters. The van der Waals surface area contributed by atoms with E-state index in [1.807, 2.05) is 65.4 Å². The van der Waals surface area contributed by atoms with Crippen molar-refractivity contribution >= 4 is 29.4 Å². The molecule has 0 saturated heterocycles. The minimum atomic E-state index is -0.316. The number of aryl methyl sites for hydroxylation is 1. The topological polar surface area (TPSA) is 57.6 Å². The van der Waals surface area contributed by atoms with Crippen LogP contribution in [0.4, 0.5) is 10.5 Å². The third-order valence-corrected chi connectivity index (χ3v) is 5.39. The molecule has 0 atom stereocenters. The highest BCUT2D eigenvalue weighted by atomic mass is 32.2. The van der Waals surface area contributed by atoms with Crippen molar-refractivity contribution in [3.63, 3.8) is 0 Å². The Morgan fingerprint density at radius 2 is 1.90 bits per heavy atom. The SMILES string of the molecule is C=CCN(CC(=O)N(Cc1cccn1C)CC(C)C)C(=O)Nc1ccc(SC)cc1. The summed E-state index contributed by atoms with van der Waals surface area (Å²) in [4.78, 5) is 30.3. The summed E-state index contributed by atoms with van der Waals surface area (Å²) in [6.07, 6.45) is 5.60. The molecule has 0 aliphatic rings. The molecule has 1 N–H and O–H groups in total. The van der Waals surface area contributed by atoms with Gasteiger partial charge >= 0.3 is 6.03 Å². The summed E-state index contributed by atoms with van der Waals surface area (Å²) in [5.74, 6) is 0.241. The van der Waals surface area contributed by atoms with Crippen LogP contribution in [0, 0.1) is 5.92 Å². The smallest absolute Gasteiger partial charge is 0.322 e. The molecule has 0 spiro atoms. The molecule has 1 heterocycles. The number of urea groups is 1. The summed E-state index contributed by atoms with van der Waals surface area (Å²) in [5, 5.41) is 2.87. The Bertz CT molecular complexity index is 845. The van der Waals surface area contributed by atoms with Gasteiger partial charge in [-0.1, -0.05) is 19.9 Å². The van der Waals surface area contributed by atoms with E-state index < -0.39 is 0 Å². The van der Waals surface area contributed by atoms with E-state index in [1.54, 1.807) is 17.8 Å². The van der Waals surface area contributed by atoms with Crippen molar-refractivity contribution in [2.45, 2.75) is 25.3 Å². The van der Waals surface area contributed by atoms with E-state index in [2.05, 4.69) is 25.7 Å². The molecule has 2 rings (SSSR count). The van der Waals surface area contributed by atoms with Gasteiger partial charge in [0.2, 0.25) is 5.91 Å². The number of nitrogens with zero attached hydrogens (tertiary/aromatic N) is 3. The van der Waals surface area contributed by atoms with Crippen LogP contribution in [0.5, 0.6) is 0 Å². The average Bonchev–Trinajstić information content (AvgIpc) is 3.11.